The molecule has 1 aliphatic heterocycles. The zero-order valence-electron chi connectivity index (χ0n) is 10.8. The Kier molecular flexibility index (Phi) is 6.28. The first kappa shape index (κ1) is 13.9. The Morgan fingerprint density at radius 3 is 2.56 bits per heavy atom. The molecule has 1 rings (SSSR count). The van der Waals surface area contributed by atoms with Crippen LogP contribution in [0.2, 0.25) is 0 Å². The number of hydrazine groups is 1. The van der Waals surface area contributed by atoms with Gasteiger partial charge in [-0.2, -0.15) is 0 Å². The van der Waals surface area contributed by atoms with Crippen molar-refractivity contribution in [2.75, 3.05) is 19.8 Å². The van der Waals surface area contributed by atoms with Gasteiger partial charge in [0.15, 0.2) is 0 Å². The van der Waals surface area contributed by atoms with Crippen LogP contribution in [0.1, 0.15) is 40.0 Å². The van der Waals surface area contributed by atoms with Crippen LogP contribution in [0, 0.1) is 0 Å². The number of rotatable bonds is 6. The lowest BCUT2D eigenvalue weighted by Gasteiger charge is -2.39. The summed E-state index contributed by atoms with van der Waals surface area (Å²) >= 11 is 0. The highest BCUT2D eigenvalue weighted by atomic mass is 16.5. The maximum Gasteiger partial charge on any atom is 0.0911 e. The van der Waals surface area contributed by atoms with Crippen LogP contribution in [-0.2, 0) is 4.74 Å². The van der Waals surface area contributed by atoms with Gasteiger partial charge in [0.2, 0.25) is 0 Å². The number of piperidine rings is 1. The molecule has 1 aliphatic rings. The zero-order valence-corrected chi connectivity index (χ0v) is 10.8. The molecule has 4 heteroatoms. The van der Waals surface area contributed by atoms with Gasteiger partial charge in [-0.3, -0.25) is 5.43 Å². The quantitative estimate of drug-likeness (QED) is 0.718. The second-order valence-corrected chi connectivity index (χ2v) is 4.71. The fourth-order valence-corrected chi connectivity index (χ4v) is 2.26. The summed E-state index contributed by atoms with van der Waals surface area (Å²) in [7, 11) is 0. The van der Waals surface area contributed by atoms with Crippen LogP contribution in [0.25, 0.3) is 0 Å². The summed E-state index contributed by atoms with van der Waals surface area (Å²) < 4.78 is 5.18. The number of hydrogen-bond donors (Lipinski definition) is 2. The average Bonchev–Trinajstić information content (AvgIpc) is 2.25. The molecule has 0 amide bonds. The standard InChI is InChI=1S/C12H26N2O2/c1-4-16-9-12(15)8-13-14-10(2)6-5-7-11(14)3/h10-13,15H,4-9H2,1-3H3. The molecule has 1 saturated heterocycles. The van der Waals surface area contributed by atoms with Gasteiger partial charge in [0.1, 0.15) is 0 Å². The van der Waals surface area contributed by atoms with E-state index in [4.69, 9.17) is 4.74 Å². The predicted molar refractivity (Wildman–Crippen MR) is 65.1 cm³/mol. The lowest BCUT2D eigenvalue weighted by Crippen LogP contribution is -2.54. The minimum absolute atomic E-state index is 0.415. The molecule has 0 aliphatic carbocycles. The van der Waals surface area contributed by atoms with E-state index < -0.39 is 6.10 Å². The molecule has 0 bridgehead atoms. The second kappa shape index (κ2) is 7.22. The minimum atomic E-state index is -0.415. The van der Waals surface area contributed by atoms with Gasteiger partial charge in [-0.05, 0) is 33.6 Å². The Morgan fingerprint density at radius 2 is 2.00 bits per heavy atom. The molecule has 0 spiro atoms. The van der Waals surface area contributed by atoms with Gasteiger partial charge < -0.3 is 9.84 Å². The maximum absolute atomic E-state index is 9.67. The van der Waals surface area contributed by atoms with Crippen molar-refractivity contribution in [3.63, 3.8) is 0 Å². The number of hydrogen-bond acceptors (Lipinski definition) is 4. The first-order valence-electron chi connectivity index (χ1n) is 6.42. The lowest BCUT2D eigenvalue weighted by atomic mass is 10.00. The van der Waals surface area contributed by atoms with E-state index >= 15 is 0 Å². The van der Waals surface area contributed by atoms with E-state index in [0.717, 1.165) is 0 Å². The smallest absolute Gasteiger partial charge is 0.0911 e. The van der Waals surface area contributed by atoms with Crippen molar-refractivity contribution in [3.8, 4) is 0 Å². The molecule has 0 aromatic heterocycles. The topological polar surface area (TPSA) is 44.7 Å². The summed E-state index contributed by atoms with van der Waals surface area (Å²) in [5, 5.41) is 11.9. The highest BCUT2D eigenvalue weighted by Gasteiger charge is 2.24. The van der Waals surface area contributed by atoms with Gasteiger partial charge in [0.25, 0.3) is 0 Å². The first-order valence-corrected chi connectivity index (χ1v) is 6.42. The van der Waals surface area contributed by atoms with Crippen LogP contribution in [0.5, 0.6) is 0 Å². The fourth-order valence-electron chi connectivity index (χ4n) is 2.26. The SMILES string of the molecule is CCOCC(O)CNN1C(C)CCCC1C. The Morgan fingerprint density at radius 1 is 1.38 bits per heavy atom. The van der Waals surface area contributed by atoms with E-state index in [1.165, 1.54) is 19.3 Å². The Hall–Kier alpha value is -0.160. The molecule has 0 radical (unpaired) electrons. The van der Waals surface area contributed by atoms with Crippen LogP contribution in [-0.4, -0.2) is 48.1 Å². The Labute approximate surface area is 98.9 Å². The van der Waals surface area contributed by atoms with Gasteiger partial charge in [-0.15, -0.1) is 0 Å². The summed E-state index contributed by atoms with van der Waals surface area (Å²) in [6.45, 7) is 8.06. The van der Waals surface area contributed by atoms with Gasteiger partial charge in [-0.25, -0.2) is 5.01 Å². The summed E-state index contributed by atoms with van der Waals surface area (Å²) in [6, 6.07) is 1.12. The monoisotopic (exact) mass is 230 g/mol. The molecule has 0 aromatic rings. The lowest BCUT2D eigenvalue weighted by molar-refractivity contribution is -0.000303. The second-order valence-electron chi connectivity index (χ2n) is 4.71. The Balaban J connectivity index is 2.24. The van der Waals surface area contributed by atoms with E-state index in [-0.39, 0.29) is 0 Å². The van der Waals surface area contributed by atoms with E-state index in [9.17, 15) is 5.11 Å². The van der Waals surface area contributed by atoms with Crippen LogP contribution in [0.4, 0.5) is 0 Å². The maximum atomic E-state index is 9.67. The Bertz CT molecular complexity index is 180. The zero-order chi connectivity index (χ0) is 12.0. The minimum Gasteiger partial charge on any atom is -0.389 e. The van der Waals surface area contributed by atoms with Crippen LogP contribution in [0.3, 0.4) is 0 Å². The van der Waals surface area contributed by atoms with Gasteiger partial charge in [0, 0.05) is 25.2 Å². The number of ether oxygens (including phenoxy) is 1. The third kappa shape index (κ3) is 4.37. The highest BCUT2D eigenvalue weighted by Crippen LogP contribution is 2.19. The third-order valence-corrected chi connectivity index (χ3v) is 3.22. The van der Waals surface area contributed by atoms with E-state index in [1.807, 2.05) is 6.92 Å². The molecule has 1 fully saturated rings. The van der Waals surface area contributed by atoms with Crippen molar-refractivity contribution in [1.29, 1.82) is 0 Å². The molecule has 1 heterocycles. The van der Waals surface area contributed by atoms with Crippen molar-refractivity contribution < 1.29 is 9.84 Å². The summed E-state index contributed by atoms with van der Waals surface area (Å²) in [5.74, 6) is 0. The van der Waals surface area contributed by atoms with Crippen LogP contribution < -0.4 is 5.43 Å². The van der Waals surface area contributed by atoms with Crippen LogP contribution >= 0.6 is 0 Å². The van der Waals surface area contributed by atoms with Crippen molar-refractivity contribution >= 4 is 0 Å². The van der Waals surface area contributed by atoms with E-state index in [1.54, 1.807) is 0 Å². The number of aliphatic hydroxyl groups is 1. The molecule has 96 valence electrons. The van der Waals surface area contributed by atoms with Crippen molar-refractivity contribution in [2.45, 2.75) is 58.2 Å². The molecule has 4 nitrogen and oxygen atoms in total. The molecular weight excluding hydrogens is 204 g/mol. The third-order valence-electron chi connectivity index (χ3n) is 3.22. The van der Waals surface area contributed by atoms with Crippen molar-refractivity contribution in [2.24, 2.45) is 0 Å². The summed E-state index contributed by atoms with van der Waals surface area (Å²) in [6.07, 6.45) is 3.36. The van der Waals surface area contributed by atoms with Crippen molar-refractivity contribution in [3.05, 3.63) is 0 Å². The molecular formula is C12H26N2O2. The van der Waals surface area contributed by atoms with Gasteiger partial charge in [-0.1, -0.05) is 6.42 Å². The van der Waals surface area contributed by atoms with E-state index in [0.29, 0.717) is 31.8 Å². The fraction of sp³-hybridized carbons (Fsp3) is 1.00. The largest absolute Gasteiger partial charge is 0.389 e. The van der Waals surface area contributed by atoms with Crippen molar-refractivity contribution in [1.82, 2.24) is 10.4 Å². The van der Waals surface area contributed by atoms with Gasteiger partial charge in [0.05, 0.1) is 12.7 Å². The van der Waals surface area contributed by atoms with E-state index in [2.05, 4.69) is 24.3 Å². The van der Waals surface area contributed by atoms with Gasteiger partial charge >= 0.3 is 0 Å². The highest BCUT2D eigenvalue weighted by molar-refractivity contribution is 4.77. The molecule has 0 aromatic carbocycles. The summed E-state index contributed by atoms with van der Waals surface area (Å²) in [4.78, 5) is 0. The average molecular weight is 230 g/mol. The molecule has 3 atom stereocenters. The number of aliphatic hydroxyl groups excluding tert-OH is 1. The number of nitrogens with one attached hydrogen (secondary N) is 1. The molecule has 16 heavy (non-hydrogen) atoms. The normalized spacial score (nSPS) is 29.2. The summed E-state index contributed by atoms with van der Waals surface area (Å²) in [5.41, 5.74) is 3.33. The molecule has 3 unspecified atom stereocenters. The molecule has 2 N–H and O–H groups in total. The number of nitrogens with zero attached hydrogens (tertiary/aromatic N) is 1. The van der Waals surface area contributed by atoms with Crippen LogP contribution in [0.15, 0.2) is 0 Å². The predicted octanol–water partition coefficient (Wildman–Crippen LogP) is 1.15. The molecule has 0 saturated carbocycles. The first-order chi connectivity index (χ1) is 7.65.